The third kappa shape index (κ3) is 143. The number of phosphoric acid groups is 1. The van der Waals surface area contributed by atoms with Crippen LogP contribution in [0.5, 0.6) is 0 Å². The molecule has 0 aliphatic carbocycles. The van der Waals surface area contributed by atoms with Crippen molar-refractivity contribution >= 4 is 7.82 Å². The number of rotatable bonds is 0. The molecule has 9 heteroatoms. The van der Waals surface area contributed by atoms with E-state index in [1.165, 1.54) is 0 Å². The van der Waals surface area contributed by atoms with Crippen molar-refractivity contribution in [2.45, 2.75) is 0 Å². The number of hydrogen-bond donors (Lipinski definition) is 0. The molecule has 0 saturated heterocycles. The van der Waals surface area contributed by atoms with Crippen LogP contribution in [0.2, 0.25) is 0 Å². The van der Waals surface area contributed by atoms with Gasteiger partial charge in [-0.15, -0.1) is 0 Å². The topological polar surface area (TPSA) is 148 Å². The second-order valence-corrected chi connectivity index (χ2v) is 1.34. The Kier molecular flexibility index (Phi) is 43.2. The minimum Gasteiger partial charge on any atom is -0.870 e. The molecule has 0 amide bonds. The summed E-state index contributed by atoms with van der Waals surface area (Å²) in [6.07, 6.45) is 0. The Morgan fingerprint density at radius 1 is 1.11 bits per heavy atom. The van der Waals surface area contributed by atoms with Crippen LogP contribution in [0.15, 0.2) is 0 Å². The molecule has 0 aromatic rings. The fourth-order valence-corrected chi connectivity index (χ4v) is 0. The molecule has 6 nitrogen and oxygen atoms in total. The average Bonchev–Trinajstić information content (AvgIpc) is 0.722. The molecule has 0 unspecified atom stereocenters. The largest absolute Gasteiger partial charge is 3.00 e. The summed E-state index contributed by atoms with van der Waals surface area (Å²) in [5, 5.41) is 0. The van der Waals surface area contributed by atoms with Crippen LogP contribution in [0.25, 0.3) is 0 Å². The van der Waals surface area contributed by atoms with Gasteiger partial charge in [0.1, 0.15) is 0 Å². The average molecular weight is 225 g/mol. The third-order valence-electron chi connectivity index (χ3n) is 0. The van der Waals surface area contributed by atoms with Crippen LogP contribution in [-0.4, -0.2) is 11.0 Å². The second kappa shape index (κ2) is 12.8. The van der Waals surface area contributed by atoms with Crippen LogP contribution in [0, 0.1) is 0 Å². The van der Waals surface area contributed by atoms with E-state index < -0.39 is 7.82 Å². The Labute approximate surface area is 105 Å². The van der Waals surface area contributed by atoms with Gasteiger partial charge in [-0.1, -0.05) is 0 Å². The fourth-order valence-electron chi connectivity index (χ4n) is 0. The van der Waals surface area contributed by atoms with Gasteiger partial charge in [0.15, 0.2) is 0 Å². The minimum atomic E-state index is -5.39. The summed E-state index contributed by atoms with van der Waals surface area (Å²) in [7, 11) is -5.39. The van der Waals surface area contributed by atoms with Gasteiger partial charge in [-0.3, -0.25) is 0 Å². The maximum Gasteiger partial charge on any atom is 3.00 e. The molecule has 0 saturated carbocycles. The Morgan fingerprint density at radius 3 is 1.11 bits per heavy atom. The van der Waals surface area contributed by atoms with Crippen molar-refractivity contribution in [3.63, 3.8) is 0 Å². The third-order valence-corrected chi connectivity index (χ3v) is 0. The van der Waals surface area contributed by atoms with E-state index in [2.05, 4.69) is 0 Å². The molecule has 0 aromatic carbocycles. The van der Waals surface area contributed by atoms with Crippen LogP contribution in [0.4, 0.5) is 0 Å². The Balaban J connectivity index is -0.0000000133. The van der Waals surface area contributed by atoms with E-state index in [0.717, 1.165) is 0 Å². The molecule has 3 N–H and O–H groups in total. The summed E-state index contributed by atoms with van der Waals surface area (Å²) < 4.78 is 8.55. The first-order valence-electron chi connectivity index (χ1n) is 0.730. The van der Waals surface area contributed by atoms with E-state index in [-0.39, 0.29) is 79.4 Å². The van der Waals surface area contributed by atoms with Crippen molar-refractivity contribution in [2.24, 2.45) is 0 Å². The van der Waals surface area contributed by atoms with E-state index >= 15 is 0 Å². The maximum atomic E-state index is 8.55. The summed E-state index contributed by atoms with van der Waals surface area (Å²) in [4.78, 5) is 25.6. The summed E-state index contributed by atoms with van der Waals surface area (Å²) >= 11 is 0. The zero-order chi connectivity index (χ0) is 4.50. The van der Waals surface area contributed by atoms with Gasteiger partial charge < -0.3 is 30.2 Å². The molecule has 0 aromatic heterocycles. The molecule has 53 valence electrons. The van der Waals surface area contributed by atoms with E-state index in [0.29, 0.717) is 0 Å². The van der Waals surface area contributed by atoms with Crippen LogP contribution in [0.3, 0.4) is 0 Å². The first-order valence-corrected chi connectivity index (χ1v) is 2.19. The first-order chi connectivity index (χ1) is 2.00. The van der Waals surface area contributed by atoms with Crippen molar-refractivity contribution < 1.29 is 98.7 Å². The zero-order valence-electron chi connectivity index (χ0n) is 4.38. The van der Waals surface area contributed by atoms with Crippen molar-refractivity contribution in [2.75, 3.05) is 0 Å². The predicted octanol–water partition coefficient (Wildman–Crippen LogP) is -6.82. The molecular formula is H3FeKO6P. The zero-order valence-corrected chi connectivity index (χ0v) is 9.50. The maximum absolute atomic E-state index is 8.55. The predicted molar refractivity (Wildman–Crippen MR) is 13.2 cm³/mol. The van der Waals surface area contributed by atoms with Gasteiger partial charge in [-0.2, -0.15) is 7.82 Å². The van der Waals surface area contributed by atoms with Gasteiger partial charge in [0.25, 0.3) is 0 Å². The summed E-state index contributed by atoms with van der Waals surface area (Å²) in [5.41, 5.74) is 0. The van der Waals surface area contributed by atoms with E-state index in [4.69, 9.17) is 19.2 Å². The molecule has 0 bridgehead atoms. The first kappa shape index (κ1) is 30.3. The van der Waals surface area contributed by atoms with E-state index in [9.17, 15) is 0 Å². The molecule has 9 heavy (non-hydrogen) atoms. The smallest absolute Gasteiger partial charge is 0.870 e. The molecule has 0 aliphatic rings. The quantitative estimate of drug-likeness (QED) is 0.296. The minimum absolute atomic E-state index is 0. The summed E-state index contributed by atoms with van der Waals surface area (Å²) in [6, 6.07) is 0. The summed E-state index contributed by atoms with van der Waals surface area (Å²) in [5.74, 6) is 0. The normalized spacial score (nSPS) is 6.56. The molecule has 0 rings (SSSR count). The van der Waals surface area contributed by atoms with Crippen LogP contribution < -0.4 is 66.1 Å². The SMILES string of the molecule is O.O=P([O-])([O-])[O-].[Fe+3].[K+].[OH-]. The van der Waals surface area contributed by atoms with Gasteiger partial charge in [0.05, 0.1) is 0 Å². The van der Waals surface area contributed by atoms with Gasteiger partial charge in [0.2, 0.25) is 0 Å². The van der Waals surface area contributed by atoms with Gasteiger partial charge in [0, 0.05) is 0 Å². The molecule has 1 radical (unpaired) electrons. The number of hydrogen-bond acceptors (Lipinski definition) is 5. The molecule has 0 aliphatic heterocycles. The van der Waals surface area contributed by atoms with Gasteiger partial charge in [-0.25, -0.2) is 0 Å². The molecule has 0 atom stereocenters. The molecule has 0 fully saturated rings. The van der Waals surface area contributed by atoms with Crippen LogP contribution >= 0.6 is 7.82 Å². The van der Waals surface area contributed by atoms with Crippen molar-refractivity contribution in [3.05, 3.63) is 0 Å². The van der Waals surface area contributed by atoms with Crippen molar-refractivity contribution in [3.8, 4) is 0 Å². The van der Waals surface area contributed by atoms with Gasteiger partial charge in [-0.05, 0) is 0 Å². The monoisotopic (exact) mass is 225 g/mol. The van der Waals surface area contributed by atoms with Gasteiger partial charge >= 0.3 is 68.5 Å². The Hall–Kier alpha value is 2.19. The molecule has 0 heterocycles. The van der Waals surface area contributed by atoms with Crippen LogP contribution in [-0.2, 0) is 21.6 Å². The van der Waals surface area contributed by atoms with Crippen molar-refractivity contribution in [1.82, 2.24) is 0 Å². The van der Waals surface area contributed by atoms with E-state index in [1.54, 1.807) is 0 Å². The van der Waals surface area contributed by atoms with Crippen LogP contribution in [0.1, 0.15) is 0 Å². The molecule has 0 spiro atoms. The Morgan fingerprint density at radius 2 is 1.11 bits per heavy atom. The fraction of sp³-hybridized carbons (Fsp3) is 0. The Bertz CT molecular complexity index is 59.2. The van der Waals surface area contributed by atoms with Crippen molar-refractivity contribution in [1.29, 1.82) is 0 Å². The summed E-state index contributed by atoms with van der Waals surface area (Å²) in [6.45, 7) is 0. The van der Waals surface area contributed by atoms with E-state index in [1.807, 2.05) is 0 Å². The molecular weight excluding hydrogens is 222 g/mol. The second-order valence-electron chi connectivity index (χ2n) is 0.447. The standard InChI is InChI=1S/Fe.K.H3O4P.2H2O/c;;1-5(2,3)4;;/h;;(H3,1,2,3,4);2*1H2/q+3;+1;;;/p-4.